The molecule has 0 bridgehead atoms. The first-order valence-electron chi connectivity index (χ1n) is 6.22. The lowest BCUT2D eigenvalue weighted by molar-refractivity contribution is -0.138. The summed E-state index contributed by atoms with van der Waals surface area (Å²) in [6.07, 6.45) is 0.861. The number of likely N-dealkylation sites (N-methyl/N-ethyl adjacent to an activating group) is 1. The van der Waals surface area contributed by atoms with Gasteiger partial charge in [0, 0.05) is 19.8 Å². The average Bonchev–Trinajstić information content (AvgIpc) is 2.37. The highest BCUT2D eigenvalue weighted by molar-refractivity contribution is 5.79. The Morgan fingerprint density at radius 1 is 1.26 bits per heavy atom. The van der Waals surface area contributed by atoms with Gasteiger partial charge in [0.15, 0.2) is 0 Å². The Bertz CT molecular complexity index is 441. The molecule has 0 spiro atoms. The second-order valence-electron chi connectivity index (χ2n) is 4.61. The lowest BCUT2D eigenvalue weighted by Crippen LogP contribution is -2.28. The number of hydrogen-bond acceptors (Lipinski definition) is 3. The zero-order chi connectivity index (χ0) is 14.4. The topological polar surface area (TPSA) is 69.6 Å². The summed E-state index contributed by atoms with van der Waals surface area (Å²) in [4.78, 5) is 24.0. The van der Waals surface area contributed by atoms with Gasteiger partial charge in [0.1, 0.15) is 6.04 Å². The van der Waals surface area contributed by atoms with E-state index in [1.807, 2.05) is 19.1 Å². The fourth-order valence-corrected chi connectivity index (χ4v) is 1.59. The minimum atomic E-state index is -0.866. The van der Waals surface area contributed by atoms with E-state index < -0.39 is 12.0 Å². The van der Waals surface area contributed by atoms with Crippen molar-refractivity contribution in [2.24, 2.45) is 0 Å². The molecule has 0 aliphatic carbocycles. The van der Waals surface area contributed by atoms with Crippen molar-refractivity contribution in [3.63, 3.8) is 0 Å². The van der Waals surface area contributed by atoms with Crippen LogP contribution < -0.4 is 5.32 Å². The van der Waals surface area contributed by atoms with Crippen LogP contribution in [-0.2, 0) is 16.0 Å². The Morgan fingerprint density at radius 3 is 2.26 bits per heavy atom. The number of carbonyl (C=O) groups excluding carboxylic acids is 1. The third-order valence-electron chi connectivity index (χ3n) is 2.86. The van der Waals surface area contributed by atoms with Crippen LogP contribution in [0.4, 0.5) is 5.69 Å². The summed E-state index contributed by atoms with van der Waals surface area (Å²) in [7, 11) is 3.44. The van der Waals surface area contributed by atoms with Crippen molar-refractivity contribution in [3.05, 3.63) is 29.8 Å². The zero-order valence-corrected chi connectivity index (χ0v) is 11.5. The van der Waals surface area contributed by atoms with Gasteiger partial charge in [-0.15, -0.1) is 0 Å². The van der Waals surface area contributed by atoms with E-state index in [0.717, 1.165) is 11.3 Å². The predicted molar refractivity (Wildman–Crippen MR) is 74.2 cm³/mol. The molecule has 104 valence electrons. The number of hydrogen-bond donors (Lipinski definition) is 2. The van der Waals surface area contributed by atoms with Gasteiger partial charge >= 0.3 is 5.97 Å². The van der Waals surface area contributed by atoms with Crippen LogP contribution in [0, 0.1) is 0 Å². The van der Waals surface area contributed by atoms with Gasteiger partial charge in [-0.1, -0.05) is 19.1 Å². The third-order valence-corrected chi connectivity index (χ3v) is 2.86. The van der Waals surface area contributed by atoms with E-state index in [4.69, 9.17) is 5.11 Å². The second-order valence-corrected chi connectivity index (χ2v) is 4.61. The van der Waals surface area contributed by atoms with E-state index in [-0.39, 0.29) is 5.91 Å². The molecule has 1 aromatic carbocycles. The van der Waals surface area contributed by atoms with Crippen LogP contribution in [0.5, 0.6) is 0 Å². The standard InChI is InChI=1S/C14H20N2O3/c1-4-12(14(18)19)15-11-7-5-10(6-8-11)9-13(17)16(2)3/h5-8,12,15H,4,9H2,1-3H3,(H,18,19). The van der Waals surface area contributed by atoms with Crippen molar-refractivity contribution in [1.82, 2.24) is 4.90 Å². The Balaban J connectivity index is 2.66. The molecule has 0 aliphatic rings. The van der Waals surface area contributed by atoms with Gasteiger partial charge in [-0.05, 0) is 24.1 Å². The minimum Gasteiger partial charge on any atom is -0.480 e. The Hall–Kier alpha value is -2.04. The van der Waals surface area contributed by atoms with Crippen molar-refractivity contribution in [2.45, 2.75) is 25.8 Å². The van der Waals surface area contributed by atoms with Crippen LogP contribution in [0.2, 0.25) is 0 Å². The first-order chi connectivity index (χ1) is 8.93. The van der Waals surface area contributed by atoms with Crippen LogP contribution in [-0.4, -0.2) is 42.0 Å². The summed E-state index contributed by atoms with van der Waals surface area (Å²) in [6, 6.07) is 6.67. The summed E-state index contributed by atoms with van der Waals surface area (Å²) in [5.41, 5.74) is 1.66. The van der Waals surface area contributed by atoms with Crippen molar-refractivity contribution in [3.8, 4) is 0 Å². The Morgan fingerprint density at radius 2 is 1.84 bits per heavy atom. The van der Waals surface area contributed by atoms with Gasteiger partial charge in [0.05, 0.1) is 6.42 Å². The Labute approximate surface area is 113 Å². The highest BCUT2D eigenvalue weighted by atomic mass is 16.4. The number of aliphatic carboxylic acids is 1. The van der Waals surface area contributed by atoms with E-state index >= 15 is 0 Å². The number of carbonyl (C=O) groups is 2. The van der Waals surface area contributed by atoms with E-state index in [1.165, 1.54) is 0 Å². The summed E-state index contributed by atoms with van der Waals surface area (Å²) in [5.74, 6) is -0.827. The molecule has 0 saturated heterocycles. The molecule has 1 amide bonds. The maximum absolute atomic E-state index is 11.5. The van der Waals surface area contributed by atoms with Gasteiger partial charge in [-0.25, -0.2) is 4.79 Å². The Kier molecular flexibility index (Phi) is 5.36. The zero-order valence-electron chi connectivity index (χ0n) is 11.5. The molecule has 0 saturated carbocycles. The molecule has 0 aliphatic heterocycles. The SMILES string of the molecule is CCC(Nc1ccc(CC(=O)N(C)C)cc1)C(=O)O. The smallest absolute Gasteiger partial charge is 0.326 e. The summed E-state index contributed by atoms with van der Waals surface area (Å²) in [6.45, 7) is 1.82. The fraction of sp³-hybridized carbons (Fsp3) is 0.429. The molecular formula is C14H20N2O3. The van der Waals surface area contributed by atoms with Crippen LogP contribution in [0.3, 0.4) is 0 Å². The van der Waals surface area contributed by atoms with Crippen LogP contribution >= 0.6 is 0 Å². The number of anilines is 1. The first kappa shape index (κ1) is 15.0. The molecule has 1 aromatic rings. The third kappa shape index (κ3) is 4.62. The molecule has 5 nitrogen and oxygen atoms in total. The fourth-order valence-electron chi connectivity index (χ4n) is 1.59. The molecule has 1 atom stereocenters. The first-order valence-corrected chi connectivity index (χ1v) is 6.22. The molecule has 2 N–H and O–H groups in total. The monoisotopic (exact) mass is 264 g/mol. The number of carboxylic acid groups (broad SMARTS) is 1. The highest BCUT2D eigenvalue weighted by Gasteiger charge is 2.14. The van der Waals surface area contributed by atoms with Crippen molar-refractivity contribution in [2.75, 3.05) is 19.4 Å². The molecule has 0 fully saturated rings. The van der Waals surface area contributed by atoms with E-state index in [1.54, 1.807) is 31.1 Å². The van der Waals surface area contributed by atoms with E-state index in [9.17, 15) is 9.59 Å². The molecule has 5 heteroatoms. The van der Waals surface area contributed by atoms with Gasteiger partial charge in [0.2, 0.25) is 5.91 Å². The number of benzene rings is 1. The van der Waals surface area contributed by atoms with Crippen LogP contribution in [0.25, 0.3) is 0 Å². The molecule has 0 radical (unpaired) electrons. The number of amides is 1. The average molecular weight is 264 g/mol. The van der Waals surface area contributed by atoms with Crippen LogP contribution in [0.15, 0.2) is 24.3 Å². The normalized spacial score (nSPS) is 11.7. The lowest BCUT2D eigenvalue weighted by atomic mass is 10.1. The molecule has 0 aromatic heterocycles. The highest BCUT2D eigenvalue weighted by Crippen LogP contribution is 2.13. The molecule has 1 unspecified atom stereocenters. The largest absolute Gasteiger partial charge is 0.480 e. The van der Waals surface area contributed by atoms with Gasteiger partial charge in [-0.3, -0.25) is 4.79 Å². The quantitative estimate of drug-likeness (QED) is 0.818. The molecule has 1 rings (SSSR count). The number of nitrogens with one attached hydrogen (secondary N) is 1. The number of nitrogens with zero attached hydrogens (tertiary/aromatic N) is 1. The summed E-state index contributed by atoms with van der Waals surface area (Å²) >= 11 is 0. The minimum absolute atomic E-state index is 0.0395. The molecule has 0 heterocycles. The van der Waals surface area contributed by atoms with E-state index in [2.05, 4.69) is 5.32 Å². The second kappa shape index (κ2) is 6.78. The number of carboxylic acids is 1. The van der Waals surface area contributed by atoms with Crippen molar-refractivity contribution < 1.29 is 14.7 Å². The summed E-state index contributed by atoms with van der Waals surface area (Å²) in [5, 5.41) is 11.9. The lowest BCUT2D eigenvalue weighted by Gasteiger charge is -2.14. The van der Waals surface area contributed by atoms with Crippen molar-refractivity contribution in [1.29, 1.82) is 0 Å². The van der Waals surface area contributed by atoms with Gasteiger partial charge in [-0.2, -0.15) is 0 Å². The van der Waals surface area contributed by atoms with Gasteiger partial charge < -0.3 is 15.3 Å². The maximum Gasteiger partial charge on any atom is 0.326 e. The molecular weight excluding hydrogens is 244 g/mol. The van der Waals surface area contributed by atoms with Gasteiger partial charge in [0.25, 0.3) is 0 Å². The number of rotatable bonds is 6. The maximum atomic E-state index is 11.5. The molecule has 19 heavy (non-hydrogen) atoms. The van der Waals surface area contributed by atoms with E-state index in [0.29, 0.717) is 12.8 Å². The van der Waals surface area contributed by atoms with Crippen LogP contribution in [0.1, 0.15) is 18.9 Å². The van der Waals surface area contributed by atoms with Crippen molar-refractivity contribution >= 4 is 17.6 Å². The summed E-state index contributed by atoms with van der Waals surface area (Å²) < 4.78 is 0. The predicted octanol–water partition coefficient (Wildman–Crippen LogP) is 1.59.